The molecule has 32 heavy (non-hydrogen) atoms. The van der Waals surface area contributed by atoms with Crippen molar-refractivity contribution in [2.75, 3.05) is 33.7 Å². The van der Waals surface area contributed by atoms with E-state index in [0.717, 1.165) is 56.4 Å². The first kappa shape index (κ1) is 23.6. The summed E-state index contributed by atoms with van der Waals surface area (Å²) in [6, 6.07) is 16.8. The van der Waals surface area contributed by atoms with E-state index in [1.807, 2.05) is 42.5 Å². The fourth-order valence-electron chi connectivity index (χ4n) is 5.34. The highest BCUT2D eigenvalue weighted by Crippen LogP contribution is 2.42. The van der Waals surface area contributed by atoms with Crippen molar-refractivity contribution in [1.82, 2.24) is 9.80 Å². The average Bonchev–Trinajstić information content (AvgIpc) is 3.27. The van der Waals surface area contributed by atoms with Gasteiger partial charge in [0.1, 0.15) is 12.4 Å². The second-order valence-corrected chi connectivity index (χ2v) is 10.3. The highest BCUT2D eigenvalue weighted by Gasteiger charge is 2.40. The SMILES string of the molecule is CN(C)[C@@H]1CCN(CC(c2ccc(OCc3ccccc3)c(Cl)c2)C2(O)CCCCC2)C1. The maximum Gasteiger partial charge on any atom is 0.138 e. The van der Waals surface area contributed by atoms with Crippen molar-refractivity contribution in [2.45, 2.75) is 62.7 Å². The molecule has 1 heterocycles. The second kappa shape index (κ2) is 10.6. The van der Waals surface area contributed by atoms with Crippen molar-refractivity contribution in [1.29, 1.82) is 0 Å². The van der Waals surface area contributed by atoms with Crippen molar-refractivity contribution in [3.05, 3.63) is 64.7 Å². The number of likely N-dealkylation sites (N-methyl/N-ethyl adjacent to an activating group) is 1. The summed E-state index contributed by atoms with van der Waals surface area (Å²) in [5.74, 6) is 0.756. The van der Waals surface area contributed by atoms with E-state index in [9.17, 15) is 5.11 Å². The quantitative estimate of drug-likeness (QED) is 0.582. The smallest absolute Gasteiger partial charge is 0.138 e. The number of likely N-dealkylation sites (tertiary alicyclic amines) is 1. The molecule has 1 aliphatic heterocycles. The van der Waals surface area contributed by atoms with E-state index >= 15 is 0 Å². The second-order valence-electron chi connectivity index (χ2n) is 9.85. The molecule has 2 aliphatic rings. The van der Waals surface area contributed by atoms with Crippen molar-refractivity contribution in [3.63, 3.8) is 0 Å². The van der Waals surface area contributed by atoms with Gasteiger partial charge in [-0.15, -0.1) is 0 Å². The Morgan fingerprint density at radius 2 is 1.88 bits per heavy atom. The van der Waals surface area contributed by atoms with Crippen LogP contribution >= 0.6 is 11.6 Å². The first-order valence-electron chi connectivity index (χ1n) is 12.0. The van der Waals surface area contributed by atoms with E-state index in [-0.39, 0.29) is 5.92 Å². The van der Waals surface area contributed by atoms with E-state index < -0.39 is 5.60 Å². The Hall–Kier alpha value is -1.59. The summed E-state index contributed by atoms with van der Waals surface area (Å²) in [5.41, 5.74) is 1.58. The van der Waals surface area contributed by atoms with Crippen molar-refractivity contribution < 1.29 is 9.84 Å². The molecule has 1 aliphatic carbocycles. The third kappa shape index (κ3) is 5.66. The molecule has 5 heteroatoms. The van der Waals surface area contributed by atoms with Crippen molar-refractivity contribution in [2.24, 2.45) is 0 Å². The van der Waals surface area contributed by atoms with Gasteiger partial charge in [0, 0.05) is 25.0 Å². The van der Waals surface area contributed by atoms with Gasteiger partial charge in [-0.2, -0.15) is 0 Å². The lowest BCUT2D eigenvalue weighted by atomic mass is 9.72. The largest absolute Gasteiger partial charge is 0.487 e. The number of halogens is 1. The Morgan fingerprint density at radius 3 is 2.53 bits per heavy atom. The van der Waals surface area contributed by atoms with Crippen LogP contribution in [0.4, 0.5) is 0 Å². The van der Waals surface area contributed by atoms with Crippen LogP contribution in [-0.4, -0.2) is 60.3 Å². The van der Waals surface area contributed by atoms with Crippen molar-refractivity contribution >= 4 is 11.6 Å². The summed E-state index contributed by atoms with van der Waals surface area (Å²) in [6.07, 6.45) is 6.33. The van der Waals surface area contributed by atoms with Crippen LogP contribution in [0.2, 0.25) is 5.02 Å². The zero-order chi connectivity index (χ0) is 22.6. The summed E-state index contributed by atoms with van der Waals surface area (Å²) in [5, 5.41) is 12.3. The predicted molar refractivity (Wildman–Crippen MR) is 132 cm³/mol. The molecule has 0 spiro atoms. The summed E-state index contributed by atoms with van der Waals surface area (Å²) >= 11 is 6.68. The molecule has 0 aromatic heterocycles. The molecule has 1 N–H and O–H groups in total. The fourth-order valence-corrected chi connectivity index (χ4v) is 5.59. The zero-order valence-electron chi connectivity index (χ0n) is 19.5. The molecular weight excluding hydrogens is 420 g/mol. The zero-order valence-corrected chi connectivity index (χ0v) is 20.2. The van der Waals surface area contributed by atoms with Gasteiger partial charge < -0.3 is 19.6 Å². The molecule has 0 bridgehead atoms. The molecule has 2 aromatic rings. The van der Waals surface area contributed by atoms with Gasteiger partial charge in [0.15, 0.2) is 0 Å². The molecule has 0 amide bonds. The van der Waals surface area contributed by atoms with Gasteiger partial charge in [0.2, 0.25) is 0 Å². The lowest BCUT2D eigenvalue weighted by molar-refractivity contribution is -0.0297. The van der Waals surface area contributed by atoms with E-state index in [2.05, 4.69) is 30.0 Å². The van der Waals surface area contributed by atoms with Gasteiger partial charge in [0.05, 0.1) is 10.6 Å². The highest BCUT2D eigenvalue weighted by molar-refractivity contribution is 6.32. The Kier molecular flexibility index (Phi) is 7.78. The molecular formula is C27H37ClN2O2. The Balaban J connectivity index is 1.51. The van der Waals surface area contributed by atoms with Crippen LogP contribution < -0.4 is 4.74 Å². The third-order valence-electron chi connectivity index (χ3n) is 7.38. The monoisotopic (exact) mass is 456 g/mol. The van der Waals surface area contributed by atoms with Gasteiger partial charge in [0.25, 0.3) is 0 Å². The Bertz CT molecular complexity index is 867. The van der Waals surface area contributed by atoms with Crippen molar-refractivity contribution in [3.8, 4) is 5.75 Å². The first-order chi connectivity index (χ1) is 15.4. The van der Waals surface area contributed by atoms with Crippen LogP contribution in [0.15, 0.2) is 48.5 Å². The minimum Gasteiger partial charge on any atom is -0.487 e. The number of aliphatic hydroxyl groups is 1. The highest BCUT2D eigenvalue weighted by atomic mass is 35.5. The number of nitrogens with zero attached hydrogens (tertiary/aromatic N) is 2. The van der Waals surface area contributed by atoms with E-state index in [1.165, 1.54) is 12.8 Å². The molecule has 2 atom stereocenters. The Morgan fingerprint density at radius 1 is 1.12 bits per heavy atom. The topological polar surface area (TPSA) is 35.9 Å². The predicted octanol–water partition coefficient (Wildman–Crippen LogP) is 5.33. The number of benzene rings is 2. The number of ether oxygens (including phenoxy) is 1. The van der Waals surface area contributed by atoms with Gasteiger partial charge >= 0.3 is 0 Å². The summed E-state index contributed by atoms with van der Waals surface area (Å²) in [7, 11) is 4.32. The minimum atomic E-state index is -0.663. The average molecular weight is 457 g/mol. The Labute approximate surface area is 198 Å². The lowest BCUT2D eigenvalue weighted by Gasteiger charge is -2.41. The first-order valence-corrected chi connectivity index (χ1v) is 12.4. The van der Waals surface area contributed by atoms with Crippen LogP contribution in [0.1, 0.15) is 55.6 Å². The van der Waals surface area contributed by atoms with Gasteiger partial charge in [-0.3, -0.25) is 0 Å². The summed E-state index contributed by atoms with van der Waals surface area (Å²) in [4.78, 5) is 4.84. The fraction of sp³-hybridized carbons (Fsp3) is 0.556. The molecule has 1 saturated carbocycles. The van der Waals surface area contributed by atoms with E-state index in [0.29, 0.717) is 23.4 Å². The molecule has 1 saturated heterocycles. The number of hydrogen-bond donors (Lipinski definition) is 1. The van der Waals surface area contributed by atoms with Gasteiger partial charge in [-0.25, -0.2) is 0 Å². The van der Waals surface area contributed by atoms with Crippen LogP contribution in [0.3, 0.4) is 0 Å². The third-order valence-corrected chi connectivity index (χ3v) is 7.68. The molecule has 0 radical (unpaired) electrons. The standard InChI is InChI=1S/C27H37ClN2O2/c1-29(2)23-13-16-30(18-23)19-24(27(31)14-7-4-8-15-27)22-11-12-26(25(28)17-22)32-20-21-9-5-3-6-10-21/h3,5-6,9-12,17,23-24,31H,4,7-8,13-16,18-20H2,1-2H3/t23-,24?/m1/s1. The van der Waals surface area contributed by atoms with Crippen LogP contribution in [0.25, 0.3) is 0 Å². The number of rotatable bonds is 8. The molecule has 174 valence electrons. The van der Waals surface area contributed by atoms with E-state index in [1.54, 1.807) is 0 Å². The van der Waals surface area contributed by atoms with Crippen LogP contribution in [0, 0.1) is 0 Å². The maximum atomic E-state index is 11.7. The molecule has 2 fully saturated rings. The molecule has 4 rings (SSSR count). The van der Waals surface area contributed by atoms with Gasteiger partial charge in [-0.05, 0) is 63.2 Å². The van der Waals surface area contributed by atoms with E-state index in [4.69, 9.17) is 16.3 Å². The number of hydrogen-bond acceptors (Lipinski definition) is 4. The summed E-state index contributed by atoms with van der Waals surface area (Å²) < 4.78 is 5.99. The van der Waals surface area contributed by atoms with Gasteiger partial charge in [-0.1, -0.05) is 67.3 Å². The molecule has 2 aromatic carbocycles. The van der Waals surface area contributed by atoms with Crippen LogP contribution in [-0.2, 0) is 6.61 Å². The molecule has 1 unspecified atom stereocenters. The normalized spacial score (nSPS) is 22.2. The lowest BCUT2D eigenvalue weighted by Crippen LogP contribution is -2.44. The summed E-state index contributed by atoms with van der Waals surface area (Å²) in [6.45, 7) is 3.52. The van der Waals surface area contributed by atoms with Crippen LogP contribution in [0.5, 0.6) is 5.75 Å². The molecule has 4 nitrogen and oxygen atoms in total. The maximum absolute atomic E-state index is 11.7. The minimum absolute atomic E-state index is 0.0596.